The predicted molar refractivity (Wildman–Crippen MR) is 72.4 cm³/mol. The maximum Gasteiger partial charge on any atom is 0.236 e. The summed E-state index contributed by atoms with van der Waals surface area (Å²) >= 11 is 0. The Morgan fingerprint density at radius 2 is 2.17 bits per heavy atom. The zero-order valence-electron chi connectivity index (χ0n) is 11.9. The minimum absolute atomic E-state index is 0.0424. The fourth-order valence-electron chi connectivity index (χ4n) is 2.33. The predicted octanol–water partition coefficient (Wildman–Crippen LogP) is 0.341. The first-order chi connectivity index (χ1) is 8.52. The van der Waals surface area contributed by atoms with E-state index < -0.39 is 6.04 Å². The summed E-state index contributed by atoms with van der Waals surface area (Å²) in [6.45, 7) is 1.36. The maximum absolute atomic E-state index is 11.9. The number of likely N-dealkylation sites (N-methyl/N-ethyl adjacent to an activating group) is 1. The van der Waals surface area contributed by atoms with Gasteiger partial charge in [-0.05, 0) is 46.2 Å². The summed E-state index contributed by atoms with van der Waals surface area (Å²) in [5.41, 5.74) is 6.00. The Balaban J connectivity index is 2.27. The van der Waals surface area contributed by atoms with E-state index in [0.717, 1.165) is 19.3 Å². The molecule has 0 aromatic heterocycles. The Labute approximate surface area is 110 Å². The molecule has 1 aliphatic rings. The van der Waals surface area contributed by atoms with Gasteiger partial charge in [0.1, 0.15) is 0 Å². The first kappa shape index (κ1) is 15.4. The molecule has 3 N–H and O–H groups in total. The first-order valence-corrected chi connectivity index (χ1v) is 6.71. The van der Waals surface area contributed by atoms with Crippen molar-refractivity contribution >= 4 is 5.91 Å². The second-order valence-corrected chi connectivity index (χ2v) is 5.43. The van der Waals surface area contributed by atoms with Crippen LogP contribution >= 0.6 is 0 Å². The van der Waals surface area contributed by atoms with E-state index in [-0.39, 0.29) is 11.4 Å². The third kappa shape index (κ3) is 3.93. The zero-order chi connectivity index (χ0) is 13.6. The molecule has 1 unspecified atom stereocenters. The lowest BCUT2D eigenvalue weighted by Crippen LogP contribution is -2.58. The molecule has 1 atom stereocenters. The molecular weight excluding hydrogens is 230 g/mol. The molecule has 106 valence electrons. The zero-order valence-corrected chi connectivity index (χ0v) is 11.9. The van der Waals surface area contributed by atoms with E-state index in [9.17, 15) is 4.79 Å². The summed E-state index contributed by atoms with van der Waals surface area (Å²) in [6.07, 6.45) is 5.05. The molecule has 18 heavy (non-hydrogen) atoms. The van der Waals surface area contributed by atoms with Crippen LogP contribution in [0.25, 0.3) is 0 Å². The molecule has 0 aliphatic heterocycles. The van der Waals surface area contributed by atoms with E-state index >= 15 is 0 Å². The number of hydrogen-bond donors (Lipinski definition) is 2. The summed E-state index contributed by atoms with van der Waals surface area (Å²) in [6, 6.07) is -0.417. The Kier molecular flexibility index (Phi) is 6.05. The Bertz CT molecular complexity index is 265. The van der Waals surface area contributed by atoms with Crippen LogP contribution in [0, 0.1) is 0 Å². The van der Waals surface area contributed by atoms with E-state index in [2.05, 4.69) is 24.3 Å². The van der Waals surface area contributed by atoms with Crippen LogP contribution in [0.2, 0.25) is 0 Å². The van der Waals surface area contributed by atoms with Gasteiger partial charge in [0.05, 0.1) is 6.04 Å². The third-order valence-corrected chi connectivity index (χ3v) is 4.02. The molecule has 1 saturated carbocycles. The quantitative estimate of drug-likeness (QED) is 0.615. The second kappa shape index (κ2) is 7.07. The summed E-state index contributed by atoms with van der Waals surface area (Å²) in [5.74, 6) is -0.0424. The summed E-state index contributed by atoms with van der Waals surface area (Å²) < 4.78 is 4.95. The number of nitrogens with one attached hydrogen (secondary N) is 1. The van der Waals surface area contributed by atoms with Crippen molar-refractivity contribution < 1.29 is 9.53 Å². The number of hydrogen-bond acceptors (Lipinski definition) is 4. The number of methoxy groups -OCH3 is 1. The molecule has 1 aliphatic carbocycles. The summed E-state index contributed by atoms with van der Waals surface area (Å²) in [4.78, 5) is 14.1. The SMILES string of the molecule is COCCCC(N)C(=O)NCC1(N(C)C)CCC1. The number of amides is 1. The van der Waals surface area contributed by atoms with Gasteiger partial charge in [-0.1, -0.05) is 0 Å². The molecule has 0 radical (unpaired) electrons. The maximum atomic E-state index is 11.9. The number of carbonyl (C=O) groups is 1. The van der Waals surface area contributed by atoms with Crippen LogP contribution in [0.3, 0.4) is 0 Å². The van der Waals surface area contributed by atoms with Crippen molar-refractivity contribution in [3.63, 3.8) is 0 Å². The molecule has 0 heterocycles. The lowest BCUT2D eigenvalue weighted by molar-refractivity contribution is -0.123. The van der Waals surface area contributed by atoms with Crippen LogP contribution in [-0.2, 0) is 9.53 Å². The van der Waals surface area contributed by atoms with Crippen LogP contribution in [0.15, 0.2) is 0 Å². The van der Waals surface area contributed by atoms with Gasteiger partial charge >= 0.3 is 0 Å². The minimum Gasteiger partial charge on any atom is -0.385 e. The highest BCUT2D eigenvalue weighted by atomic mass is 16.5. The van der Waals surface area contributed by atoms with E-state index in [0.29, 0.717) is 19.6 Å². The van der Waals surface area contributed by atoms with E-state index in [1.54, 1.807) is 7.11 Å². The van der Waals surface area contributed by atoms with Crippen molar-refractivity contribution in [3.05, 3.63) is 0 Å². The molecule has 1 fully saturated rings. The second-order valence-electron chi connectivity index (χ2n) is 5.43. The molecule has 1 rings (SSSR count). The van der Waals surface area contributed by atoms with Gasteiger partial charge in [-0.3, -0.25) is 4.79 Å². The van der Waals surface area contributed by atoms with Gasteiger partial charge < -0.3 is 20.7 Å². The fourth-order valence-corrected chi connectivity index (χ4v) is 2.33. The van der Waals surface area contributed by atoms with Crippen molar-refractivity contribution in [3.8, 4) is 0 Å². The van der Waals surface area contributed by atoms with Crippen LogP contribution < -0.4 is 11.1 Å². The number of carbonyl (C=O) groups excluding carboxylic acids is 1. The highest BCUT2D eigenvalue weighted by Gasteiger charge is 2.39. The Morgan fingerprint density at radius 3 is 2.61 bits per heavy atom. The summed E-state index contributed by atoms with van der Waals surface area (Å²) in [7, 11) is 5.80. The molecular formula is C13H27N3O2. The molecule has 5 heteroatoms. The standard InChI is InChI=1S/C13H27N3O2/c1-16(2)13(7-5-8-13)10-15-12(17)11(14)6-4-9-18-3/h11H,4-10,14H2,1-3H3,(H,15,17). The van der Waals surface area contributed by atoms with Gasteiger partial charge in [-0.15, -0.1) is 0 Å². The van der Waals surface area contributed by atoms with Crippen LogP contribution in [-0.4, -0.2) is 56.7 Å². The molecule has 5 nitrogen and oxygen atoms in total. The minimum atomic E-state index is -0.417. The monoisotopic (exact) mass is 257 g/mol. The molecule has 0 spiro atoms. The smallest absolute Gasteiger partial charge is 0.236 e. The average molecular weight is 257 g/mol. The van der Waals surface area contributed by atoms with Gasteiger partial charge in [0.15, 0.2) is 0 Å². The lowest BCUT2D eigenvalue weighted by Gasteiger charge is -2.47. The van der Waals surface area contributed by atoms with Crippen LogP contribution in [0.1, 0.15) is 32.1 Å². The number of nitrogens with two attached hydrogens (primary N) is 1. The molecule has 0 saturated heterocycles. The third-order valence-electron chi connectivity index (χ3n) is 4.02. The topological polar surface area (TPSA) is 67.6 Å². The van der Waals surface area contributed by atoms with Gasteiger partial charge in [-0.25, -0.2) is 0 Å². The van der Waals surface area contributed by atoms with E-state index in [1.165, 1.54) is 6.42 Å². The van der Waals surface area contributed by atoms with Crippen molar-refractivity contribution in [2.45, 2.75) is 43.7 Å². The van der Waals surface area contributed by atoms with Gasteiger partial charge in [0.25, 0.3) is 0 Å². The number of ether oxygens (including phenoxy) is 1. The van der Waals surface area contributed by atoms with Crippen molar-refractivity contribution in [1.82, 2.24) is 10.2 Å². The molecule has 0 aromatic rings. The normalized spacial score (nSPS) is 19.4. The average Bonchev–Trinajstić information content (AvgIpc) is 2.27. The summed E-state index contributed by atoms with van der Waals surface area (Å²) in [5, 5.41) is 2.99. The van der Waals surface area contributed by atoms with E-state index in [4.69, 9.17) is 10.5 Å². The van der Waals surface area contributed by atoms with Crippen molar-refractivity contribution in [2.75, 3.05) is 34.4 Å². The van der Waals surface area contributed by atoms with Gasteiger partial charge in [0, 0.05) is 25.8 Å². The molecule has 0 bridgehead atoms. The number of nitrogens with zero attached hydrogens (tertiary/aromatic N) is 1. The fraction of sp³-hybridized carbons (Fsp3) is 0.923. The Morgan fingerprint density at radius 1 is 1.50 bits per heavy atom. The van der Waals surface area contributed by atoms with E-state index in [1.807, 2.05) is 0 Å². The highest BCUT2D eigenvalue weighted by Crippen LogP contribution is 2.35. The molecule has 1 amide bonds. The number of rotatable bonds is 8. The largest absolute Gasteiger partial charge is 0.385 e. The Hall–Kier alpha value is -0.650. The van der Waals surface area contributed by atoms with Gasteiger partial charge in [0.2, 0.25) is 5.91 Å². The first-order valence-electron chi connectivity index (χ1n) is 6.71. The highest BCUT2D eigenvalue weighted by molar-refractivity contribution is 5.81. The lowest BCUT2D eigenvalue weighted by atomic mass is 9.75. The van der Waals surface area contributed by atoms with Crippen LogP contribution in [0.4, 0.5) is 0 Å². The van der Waals surface area contributed by atoms with Crippen molar-refractivity contribution in [1.29, 1.82) is 0 Å². The van der Waals surface area contributed by atoms with Crippen molar-refractivity contribution in [2.24, 2.45) is 5.73 Å². The van der Waals surface area contributed by atoms with Crippen LogP contribution in [0.5, 0.6) is 0 Å². The van der Waals surface area contributed by atoms with Gasteiger partial charge in [-0.2, -0.15) is 0 Å². The molecule has 0 aromatic carbocycles.